The Balaban J connectivity index is 1.42. The molecule has 3 heterocycles. The molecule has 0 atom stereocenters. The van der Waals surface area contributed by atoms with Crippen LogP contribution in [0.15, 0.2) is 16.9 Å². The van der Waals surface area contributed by atoms with Gasteiger partial charge in [-0.3, -0.25) is 5.32 Å². The quantitative estimate of drug-likeness (QED) is 0.927. The zero-order valence-corrected chi connectivity index (χ0v) is 14.9. The van der Waals surface area contributed by atoms with Crippen LogP contribution in [0.2, 0.25) is 0 Å². The first-order valence-corrected chi connectivity index (χ1v) is 9.15. The Kier molecular flexibility index (Phi) is 4.01. The molecule has 2 aromatic rings. The van der Waals surface area contributed by atoms with Gasteiger partial charge in [0.1, 0.15) is 5.76 Å². The minimum absolute atomic E-state index is 0.0585. The van der Waals surface area contributed by atoms with Crippen LogP contribution in [-0.4, -0.2) is 32.2 Å². The molecule has 1 fully saturated rings. The number of aryl methyl sites for hydroxylation is 1. The molecule has 0 spiro atoms. The third-order valence-corrected chi connectivity index (χ3v) is 5.67. The van der Waals surface area contributed by atoms with Gasteiger partial charge in [0, 0.05) is 36.7 Å². The number of fused-ring (bicyclic) bond motifs is 1. The van der Waals surface area contributed by atoms with Crippen molar-refractivity contribution in [2.45, 2.75) is 64.5 Å². The fourth-order valence-corrected chi connectivity index (χ4v) is 4.02. The molecule has 2 aromatic heterocycles. The van der Waals surface area contributed by atoms with Gasteiger partial charge in [0.25, 0.3) is 0 Å². The first-order valence-electron chi connectivity index (χ1n) is 9.15. The van der Waals surface area contributed by atoms with E-state index < -0.39 is 0 Å². The van der Waals surface area contributed by atoms with Gasteiger partial charge in [0.05, 0.1) is 18.6 Å². The molecule has 0 aromatic carbocycles. The first kappa shape index (κ1) is 16.2. The van der Waals surface area contributed by atoms with Crippen molar-refractivity contribution in [3.63, 3.8) is 0 Å². The molecular formula is C18H25N5O2. The summed E-state index contributed by atoms with van der Waals surface area (Å²) in [6.07, 6.45) is 7.37. The highest BCUT2D eigenvalue weighted by molar-refractivity contribution is 5.88. The molecule has 1 aliphatic carbocycles. The summed E-state index contributed by atoms with van der Waals surface area (Å²) in [7, 11) is 0. The predicted octanol–water partition coefficient (Wildman–Crippen LogP) is 3.31. The molecule has 0 bridgehead atoms. The van der Waals surface area contributed by atoms with E-state index in [1.54, 1.807) is 4.90 Å². The molecule has 1 saturated carbocycles. The Bertz CT molecular complexity index is 772. The zero-order valence-electron chi connectivity index (χ0n) is 14.9. The fraction of sp³-hybridized carbons (Fsp3) is 0.611. The highest BCUT2D eigenvalue weighted by Crippen LogP contribution is 2.41. The maximum absolute atomic E-state index is 12.6. The van der Waals surface area contributed by atoms with Gasteiger partial charge in [-0.15, -0.1) is 0 Å². The van der Waals surface area contributed by atoms with Gasteiger partial charge < -0.3 is 14.0 Å². The van der Waals surface area contributed by atoms with Gasteiger partial charge in [-0.05, 0) is 19.8 Å². The Hall–Kier alpha value is -2.31. The van der Waals surface area contributed by atoms with E-state index >= 15 is 0 Å². The molecule has 134 valence electrons. The summed E-state index contributed by atoms with van der Waals surface area (Å²) in [5, 5.41) is 6.92. The largest absolute Gasteiger partial charge is 0.359 e. The number of hydrogen-bond acceptors (Lipinski definition) is 4. The highest BCUT2D eigenvalue weighted by atomic mass is 16.5. The smallest absolute Gasteiger partial charge is 0.323 e. The number of rotatable bonds is 3. The van der Waals surface area contributed by atoms with Crippen LogP contribution >= 0.6 is 0 Å². The van der Waals surface area contributed by atoms with Gasteiger partial charge in [-0.25, -0.2) is 9.78 Å². The lowest BCUT2D eigenvalue weighted by atomic mass is 9.86. The number of urea groups is 1. The molecule has 0 unspecified atom stereocenters. The molecule has 25 heavy (non-hydrogen) atoms. The predicted molar refractivity (Wildman–Crippen MR) is 93.4 cm³/mol. The summed E-state index contributed by atoms with van der Waals surface area (Å²) >= 11 is 0. The Morgan fingerprint density at radius 1 is 1.40 bits per heavy atom. The van der Waals surface area contributed by atoms with Crippen LogP contribution in [0.25, 0.3) is 0 Å². The number of hydrogen-bond donors (Lipinski definition) is 1. The van der Waals surface area contributed by atoms with E-state index in [0.29, 0.717) is 18.9 Å². The lowest BCUT2D eigenvalue weighted by Gasteiger charge is -2.26. The average molecular weight is 343 g/mol. The summed E-state index contributed by atoms with van der Waals surface area (Å²) in [6, 6.07) is 1.73. The number of imidazole rings is 1. The molecule has 1 aliphatic heterocycles. The van der Waals surface area contributed by atoms with E-state index in [1.165, 1.54) is 18.5 Å². The van der Waals surface area contributed by atoms with Crippen LogP contribution in [-0.2, 0) is 24.9 Å². The molecule has 4 rings (SSSR count). The second-order valence-corrected chi connectivity index (χ2v) is 7.37. The second-order valence-electron chi connectivity index (χ2n) is 7.37. The van der Waals surface area contributed by atoms with E-state index in [2.05, 4.69) is 33.9 Å². The molecule has 1 N–H and O–H groups in total. The van der Waals surface area contributed by atoms with Crippen LogP contribution in [0.3, 0.4) is 0 Å². The maximum Gasteiger partial charge on any atom is 0.323 e. The van der Waals surface area contributed by atoms with Gasteiger partial charge >= 0.3 is 6.03 Å². The third-order valence-electron chi connectivity index (χ3n) is 5.67. The van der Waals surface area contributed by atoms with Crippen LogP contribution in [0, 0.1) is 0 Å². The maximum atomic E-state index is 12.6. The van der Waals surface area contributed by atoms with Crippen molar-refractivity contribution in [3.05, 3.63) is 29.5 Å². The Morgan fingerprint density at radius 2 is 2.20 bits per heavy atom. The van der Waals surface area contributed by atoms with E-state index in [4.69, 9.17) is 4.52 Å². The summed E-state index contributed by atoms with van der Waals surface area (Å²) in [6.45, 7) is 6.45. The molecule has 2 amide bonds. The Morgan fingerprint density at radius 3 is 2.96 bits per heavy atom. The number of nitrogens with zero attached hydrogens (tertiary/aromatic N) is 4. The van der Waals surface area contributed by atoms with Crippen molar-refractivity contribution in [1.82, 2.24) is 19.6 Å². The lowest BCUT2D eigenvalue weighted by Crippen LogP contribution is -2.39. The van der Waals surface area contributed by atoms with Crippen molar-refractivity contribution < 1.29 is 9.32 Å². The number of nitrogens with one attached hydrogen (secondary N) is 1. The molecule has 2 aliphatic rings. The summed E-state index contributed by atoms with van der Waals surface area (Å²) in [5.41, 5.74) is 2.29. The van der Waals surface area contributed by atoms with Gasteiger partial charge in [-0.2, -0.15) is 0 Å². The topological polar surface area (TPSA) is 76.2 Å². The number of aromatic nitrogens is 3. The molecule has 7 heteroatoms. The van der Waals surface area contributed by atoms with Gasteiger partial charge in [-0.1, -0.05) is 24.9 Å². The Labute approximate surface area is 147 Å². The minimum atomic E-state index is -0.145. The van der Waals surface area contributed by atoms with Crippen molar-refractivity contribution in [2.24, 2.45) is 0 Å². The number of carbonyl (C=O) groups excluding carboxylic acids is 1. The molecule has 0 radical (unpaired) electrons. The molecular weight excluding hydrogens is 318 g/mol. The summed E-state index contributed by atoms with van der Waals surface area (Å²) in [5.74, 6) is 1.38. The van der Waals surface area contributed by atoms with E-state index in [1.807, 2.05) is 12.4 Å². The SMILES string of the molecule is CCn1cnc2c1CCN(C(=O)Nc1cc(C3(C)CCCC3)on1)C2. The van der Waals surface area contributed by atoms with Gasteiger partial charge in [0.2, 0.25) is 0 Å². The highest BCUT2D eigenvalue weighted by Gasteiger charge is 2.34. The van der Waals surface area contributed by atoms with Crippen LogP contribution in [0.5, 0.6) is 0 Å². The summed E-state index contributed by atoms with van der Waals surface area (Å²) in [4.78, 5) is 18.8. The lowest BCUT2D eigenvalue weighted by molar-refractivity contribution is 0.204. The van der Waals surface area contributed by atoms with Crippen LogP contribution < -0.4 is 5.32 Å². The number of anilines is 1. The van der Waals surface area contributed by atoms with Crippen molar-refractivity contribution in [1.29, 1.82) is 0 Å². The van der Waals surface area contributed by atoms with Crippen molar-refractivity contribution in [2.75, 3.05) is 11.9 Å². The summed E-state index contributed by atoms with van der Waals surface area (Å²) < 4.78 is 7.66. The number of amides is 2. The van der Waals surface area contributed by atoms with E-state index in [9.17, 15) is 4.79 Å². The van der Waals surface area contributed by atoms with Crippen LogP contribution in [0.1, 0.15) is 56.7 Å². The second kappa shape index (κ2) is 6.20. The third kappa shape index (κ3) is 2.92. The van der Waals surface area contributed by atoms with E-state index in [0.717, 1.165) is 37.3 Å². The van der Waals surface area contributed by atoms with Crippen molar-refractivity contribution >= 4 is 11.8 Å². The minimum Gasteiger partial charge on any atom is -0.359 e. The standard InChI is InChI=1S/C18H25N5O2/c1-3-22-12-19-13-11-23(9-6-14(13)22)17(24)20-16-10-15(25-21-16)18(2)7-4-5-8-18/h10,12H,3-9,11H2,1-2H3,(H,20,21,24). The van der Waals surface area contributed by atoms with Crippen LogP contribution in [0.4, 0.5) is 10.6 Å². The van der Waals surface area contributed by atoms with E-state index in [-0.39, 0.29) is 11.4 Å². The van der Waals surface area contributed by atoms with Gasteiger partial charge in [0.15, 0.2) is 5.82 Å². The fourth-order valence-electron chi connectivity index (χ4n) is 4.02. The first-order chi connectivity index (χ1) is 12.1. The molecule has 7 nitrogen and oxygen atoms in total. The normalized spacial score (nSPS) is 19.0. The zero-order chi connectivity index (χ0) is 17.4. The van der Waals surface area contributed by atoms with Crippen molar-refractivity contribution in [3.8, 4) is 0 Å². The number of carbonyl (C=O) groups is 1. The monoisotopic (exact) mass is 343 g/mol. The molecule has 0 saturated heterocycles. The average Bonchev–Trinajstić information content (AvgIpc) is 3.33.